The van der Waals surface area contributed by atoms with Crippen LogP contribution >= 0.6 is 9.24 Å². The lowest BCUT2D eigenvalue weighted by Gasteiger charge is -2.42. The first-order chi connectivity index (χ1) is 17.2. The molecule has 3 aromatic rings. The van der Waals surface area contributed by atoms with E-state index in [1.54, 1.807) is 17.9 Å². The number of imidazole rings is 1. The topological polar surface area (TPSA) is 64.2 Å². The highest BCUT2D eigenvalue weighted by Crippen LogP contribution is 2.39. The molecule has 1 atom stereocenters. The third kappa shape index (κ3) is 6.04. The highest BCUT2D eigenvalue weighted by Gasteiger charge is 2.41. The molecule has 0 saturated heterocycles. The molecular formula is C27H33F4N4OP. The zero-order chi connectivity index (χ0) is 27.7. The number of carbonyl (C=O) groups is 1. The molecule has 0 bridgehead atoms. The quantitative estimate of drug-likeness (QED) is 0.333. The third-order valence-electron chi connectivity index (χ3n) is 6.38. The summed E-state index contributed by atoms with van der Waals surface area (Å²) in [6, 6.07) is 10.2. The number of nitrogens with zero attached hydrogens (tertiary/aromatic N) is 3. The molecule has 0 radical (unpaired) electrons. The molecule has 0 aliphatic carbocycles. The van der Waals surface area contributed by atoms with Crippen LogP contribution in [0.3, 0.4) is 0 Å². The van der Waals surface area contributed by atoms with Crippen LogP contribution in [-0.2, 0) is 22.5 Å². The highest BCUT2D eigenvalue weighted by molar-refractivity contribution is 7.17. The van der Waals surface area contributed by atoms with Crippen molar-refractivity contribution in [2.45, 2.75) is 58.3 Å². The molecule has 0 spiro atoms. The molecule has 1 aliphatic rings. The predicted octanol–water partition coefficient (Wildman–Crippen LogP) is 5.91. The maximum atomic E-state index is 13.7. The smallest absolute Gasteiger partial charge is 0.286 e. The first kappa shape index (κ1) is 28.8. The van der Waals surface area contributed by atoms with Crippen molar-refractivity contribution >= 4 is 15.1 Å². The van der Waals surface area contributed by atoms with Gasteiger partial charge in [-0.05, 0) is 51.0 Å². The number of hydrogen-bond donors (Lipinski definition) is 1. The number of aromatic nitrogens is 2. The zero-order valence-corrected chi connectivity index (χ0v) is 22.8. The number of halogens is 4. The lowest BCUT2D eigenvalue weighted by molar-refractivity contribution is -0.137. The van der Waals surface area contributed by atoms with Crippen LogP contribution in [0.1, 0.15) is 56.3 Å². The van der Waals surface area contributed by atoms with Crippen molar-refractivity contribution in [2.75, 3.05) is 13.1 Å². The number of fused-ring (bicyclic) bond motifs is 1. The van der Waals surface area contributed by atoms with E-state index in [1.165, 1.54) is 27.4 Å². The minimum atomic E-state index is -3.18. The van der Waals surface area contributed by atoms with E-state index in [1.807, 2.05) is 19.9 Å². The molecule has 1 amide bonds. The Hall–Kier alpha value is -2.77. The van der Waals surface area contributed by atoms with Gasteiger partial charge >= 0.3 is 0 Å². The summed E-state index contributed by atoms with van der Waals surface area (Å²) in [6.45, 7) is 11.1. The number of rotatable bonds is 4. The Morgan fingerprint density at radius 1 is 1.16 bits per heavy atom. The van der Waals surface area contributed by atoms with Gasteiger partial charge in [0.1, 0.15) is 17.5 Å². The predicted molar refractivity (Wildman–Crippen MR) is 140 cm³/mol. The van der Waals surface area contributed by atoms with Crippen molar-refractivity contribution in [3.05, 3.63) is 76.7 Å². The number of aryl methyl sites for hydroxylation is 1. The van der Waals surface area contributed by atoms with Crippen LogP contribution in [0.15, 0.2) is 42.5 Å². The average molecular weight is 537 g/mol. The van der Waals surface area contributed by atoms with Crippen LogP contribution in [-0.4, -0.2) is 33.4 Å². The normalized spacial score (nSPS) is 14.8. The van der Waals surface area contributed by atoms with E-state index in [4.69, 9.17) is 10.7 Å². The van der Waals surface area contributed by atoms with E-state index < -0.39 is 22.6 Å². The zero-order valence-electron chi connectivity index (χ0n) is 21.7. The molecule has 1 aliphatic heterocycles. The van der Waals surface area contributed by atoms with Crippen molar-refractivity contribution in [1.29, 1.82) is 0 Å². The Kier molecular flexibility index (Phi) is 8.50. The number of benzene rings is 2. The van der Waals surface area contributed by atoms with Gasteiger partial charge in [-0.2, -0.15) is 8.78 Å². The minimum absolute atomic E-state index is 0.0159. The lowest BCUT2D eigenvalue weighted by Crippen LogP contribution is -2.53. The van der Waals surface area contributed by atoms with Gasteiger partial charge in [0, 0.05) is 24.3 Å². The highest BCUT2D eigenvalue weighted by atomic mass is 31.0. The van der Waals surface area contributed by atoms with Gasteiger partial charge in [-0.3, -0.25) is 4.79 Å². The molecule has 4 rings (SSSR count). The van der Waals surface area contributed by atoms with Crippen molar-refractivity contribution in [2.24, 2.45) is 5.73 Å². The van der Waals surface area contributed by atoms with Gasteiger partial charge in [0.15, 0.2) is 0 Å². The molecule has 37 heavy (non-hydrogen) atoms. The number of nitrogens with two attached hydrogens (primary N) is 1. The van der Waals surface area contributed by atoms with Gasteiger partial charge in [-0.1, -0.05) is 46.8 Å². The Bertz CT molecular complexity index is 1280. The number of alkyl halides is 2. The van der Waals surface area contributed by atoms with E-state index in [0.717, 1.165) is 34.9 Å². The van der Waals surface area contributed by atoms with Crippen molar-refractivity contribution in [3.63, 3.8) is 0 Å². The van der Waals surface area contributed by atoms with Crippen molar-refractivity contribution in [1.82, 2.24) is 14.5 Å². The number of amides is 1. The molecule has 1 aromatic heterocycles. The Labute approximate surface area is 217 Å². The molecule has 2 heterocycles. The van der Waals surface area contributed by atoms with E-state index in [-0.39, 0.29) is 24.2 Å². The summed E-state index contributed by atoms with van der Waals surface area (Å²) < 4.78 is 53.9. The lowest BCUT2D eigenvalue weighted by atomic mass is 9.98. The van der Waals surface area contributed by atoms with E-state index in [0.29, 0.717) is 18.7 Å². The number of hydrogen-bond acceptors (Lipinski definition) is 3. The number of carbonyl (C=O) groups excluding carboxylic acids is 1. The summed E-state index contributed by atoms with van der Waals surface area (Å²) in [7, 11) is 1.31. The van der Waals surface area contributed by atoms with Gasteiger partial charge < -0.3 is 15.2 Å². The van der Waals surface area contributed by atoms with Crippen LogP contribution in [0.2, 0.25) is 0 Å². The van der Waals surface area contributed by atoms with Crippen LogP contribution in [0.4, 0.5) is 17.6 Å². The molecule has 2 aromatic carbocycles. The van der Waals surface area contributed by atoms with Gasteiger partial charge in [0.25, 0.3) is 5.66 Å². The molecular weight excluding hydrogens is 503 g/mol. The fourth-order valence-corrected chi connectivity index (χ4v) is 4.85. The maximum Gasteiger partial charge on any atom is 0.286 e. The fourth-order valence-electron chi connectivity index (χ4n) is 4.63. The summed E-state index contributed by atoms with van der Waals surface area (Å²) in [5, 5.41) is 0. The summed E-state index contributed by atoms with van der Waals surface area (Å²) in [5.74, 6) is -0.189. The SMILES string of the molecule is CC(C)c1c(-c2cccc(F)c2)nc2n1CCN(C(=O)CN)C2(C)C.Cc1ccc(F)c(C(F)(F)P)c1. The monoisotopic (exact) mass is 536 g/mol. The van der Waals surface area contributed by atoms with Crippen molar-refractivity contribution in [3.8, 4) is 11.3 Å². The molecule has 5 nitrogen and oxygen atoms in total. The second-order valence-electron chi connectivity index (χ2n) is 9.90. The Morgan fingerprint density at radius 2 is 1.84 bits per heavy atom. The molecule has 0 saturated carbocycles. The van der Waals surface area contributed by atoms with E-state index >= 15 is 0 Å². The largest absolute Gasteiger partial charge is 0.327 e. The third-order valence-corrected chi connectivity index (χ3v) is 6.69. The van der Waals surface area contributed by atoms with Gasteiger partial charge in [-0.15, -0.1) is 0 Å². The van der Waals surface area contributed by atoms with Gasteiger partial charge in [0.2, 0.25) is 5.91 Å². The molecule has 10 heteroatoms. The first-order valence-corrected chi connectivity index (χ1v) is 12.6. The van der Waals surface area contributed by atoms with E-state index in [9.17, 15) is 22.4 Å². The van der Waals surface area contributed by atoms with Crippen molar-refractivity contribution < 1.29 is 22.4 Å². The standard InChI is InChI=1S/C19H25FN4O.C8H8F3P/c1-12(2)17-16(13-6-5-7-14(20)10-13)22-18-19(3,4)24(15(25)11-21)9-8-23(17)18;1-5-2-3-7(9)6(4-5)8(10,11)12/h5-7,10,12H,8-9,11,21H2,1-4H3;2-4H,12H2,1H3. The van der Waals surface area contributed by atoms with Crippen LogP contribution in [0, 0.1) is 18.6 Å². The Balaban J connectivity index is 0.000000266. The fraction of sp³-hybridized carbons (Fsp3) is 0.407. The summed E-state index contributed by atoms with van der Waals surface area (Å²) in [6.07, 6.45) is 0. The second-order valence-corrected chi connectivity index (χ2v) is 10.6. The Morgan fingerprint density at radius 3 is 2.38 bits per heavy atom. The van der Waals surface area contributed by atoms with Crippen LogP contribution in [0.25, 0.3) is 11.3 Å². The second kappa shape index (κ2) is 10.9. The minimum Gasteiger partial charge on any atom is -0.327 e. The summed E-state index contributed by atoms with van der Waals surface area (Å²) in [4.78, 5) is 18.9. The summed E-state index contributed by atoms with van der Waals surface area (Å²) >= 11 is 0. The summed E-state index contributed by atoms with van der Waals surface area (Å²) in [5.41, 5.74) is 4.50. The van der Waals surface area contributed by atoms with Gasteiger partial charge in [0.05, 0.1) is 23.3 Å². The molecule has 200 valence electrons. The van der Waals surface area contributed by atoms with E-state index in [2.05, 4.69) is 18.4 Å². The molecule has 0 fully saturated rings. The average Bonchev–Trinajstić information content (AvgIpc) is 3.21. The maximum absolute atomic E-state index is 13.7. The van der Waals surface area contributed by atoms with Crippen LogP contribution in [0.5, 0.6) is 0 Å². The van der Waals surface area contributed by atoms with Crippen LogP contribution < -0.4 is 5.73 Å². The molecule has 1 unspecified atom stereocenters. The van der Waals surface area contributed by atoms with Gasteiger partial charge in [-0.25, -0.2) is 13.8 Å². The molecule has 2 N–H and O–H groups in total. The first-order valence-electron chi connectivity index (χ1n) is 12.0.